The number of pyridine rings is 1. The molecule has 0 aliphatic carbocycles. The van der Waals surface area contributed by atoms with Crippen molar-refractivity contribution in [3.05, 3.63) is 24.0 Å². The zero-order valence-corrected chi connectivity index (χ0v) is 7.13. The average Bonchev–Trinajstić information content (AvgIpc) is 2.60. The summed E-state index contributed by atoms with van der Waals surface area (Å²) >= 11 is 0. The Balaban J connectivity index is 2.85. The second-order valence-electron chi connectivity index (χ2n) is 2.65. The van der Waals surface area contributed by atoms with Crippen LogP contribution in [0.15, 0.2) is 18.5 Å². The Morgan fingerprint density at radius 2 is 2.46 bits per heavy atom. The number of fused-ring (bicyclic) bond motifs is 1. The predicted molar refractivity (Wildman–Crippen MR) is 50.4 cm³/mol. The molecule has 0 aliphatic heterocycles. The molecule has 2 aromatic heterocycles. The van der Waals surface area contributed by atoms with E-state index in [4.69, 9.17) is 5.26 Å². The second-order valence-corrected chi connectivity index (χ2v) is 2.65. The van der Waals surface area contributed by atoms with Crippen LogP contribution < -0.4 is 5.32 Å². The highest BCUT2D eigenvalue weighted by Crippen LogP contribution is 2.23. The first-order valence-electron chi connectivity index (χ1n) is 3.90. The number of aromatic amines is 1. The van der Waals surface area contributed by atoms with Gasteiger partial charge < -0.3 is 10.3 Å². The number of hydrogen-bond acceptors (Lipinski definition) is 3. The van der Waals surface area contributed by atoms with Gasteiger partial charge in [-0.25, -0.2) is 4.98 Å². The molecule has 64 valence electrons. The Bertz CT molecular complexity index is 478. The first-order chi connectivity index (χ1) is 6.36. The maximum atomic E-state index is 8.82. The minimum Gasteiger partial charge on any atom is -0.387 e. The zero-order valence-electron chi connectivity index (χ0n) is 7.13. The Kier molecular flexibility index (Phi) is 1.64. The van der Waals surface area contributed by atoms with Gasteiger partial charge in [-0.1, -0.05) is 0 Å². The van der Waals surface area contributed by atoms with Gasteiger partial charge in [-0.2, -0.15) is 5.26 Å². The number of nitriles is 1. The Morgan fingerprint density at radius 3 is 3.15 bits per heavy atom. The van der Waals surface area contributed by atoms with Crippen molar-refractivity contribution in [1.82, 2.24) is 9.97 Å². The lowest BCUT2D eigenvalue weighted by atomic mass is 10.2. The van der Waals surface area contributed by atoms with E-state index in [9.17, 15) is 0 Å². The highest BCUT2D eigenvalue weighted by Gasteiger charge is 2.07. The highest BCUT2D eigenvalue weighted by molar-refractivity contribution is 5.94. The average molecular weight is 172 g/mol. The molecule has 0 amide bonds. The number of aromatic nitrogens is 2. The molecule has 2 heterocycles. The third-order valence-electron chi connectivity index (χ3n) is 1.96. The van der Waals surface area contributed by atoms with E-state index in [1.54, 1.807) is 12.4 Å². The summed E-state index contributed by atoms with van der Waals surface area (Å²) in [5.41, 5.74) is 2.28. The molecule has 2 N–H and O–H groups in total. The van der Waals surface area contributed by atoms with Crippen LogP contribution in [0.25, 0.3) is 11.0 Å². The summed E-state index contributed by atoms with van der Waals surface area (Å²) in [5.74, 6) is 0. The first-order valence-corrected chi connectivity index (χ1v) is 3.90. The fraction of sp³-hybridized carbons (Fsp3) is 0.111. The molecule has 13 heavy (non-hydrogen) atoms. The van der Waals surface area contributed by atoms with Crippen LogP contribution in [0.4, 0.5) is 5.69 Å². The lowest BCUT2D eigenvalue weighted by Crippen LogP contribution is -1.90. The van der Waals surface area contributed by atoms with Gasteiger partial charge in [0.1, 0.15) is 11.7 Å². The first kappa shape index (κ1) is 7.62. The monoisotopic (exact) mass is 172 g/mol. The third kappa shape index (κ3) is 1.02. The molecule has 2 aromatic rings. The van der Waals surface area contributed by atoms with Gasteiger partial charge in [0.2, 0.25) is 0 Å². The van der Waals surface area contributed by atoms with Crippen LogP contribution in [0.1, 0.15) is 5.56 Å². The molecular formula is C9H8N4. The molecule has 2 rings (SSSR count). The Hall–Kier alpha value is -2.02. The number of nitrogens with zero attached hydrogens (tertiary/aromatic N) is 2. The van der Waals surface area contributed by atoms with Crippen LogP contribution in [0, 0.1) is 11.3 Å². The molecule has 0 saturated carbocycles. The summed E-state index contributed by atoms with van der Waals surface area (Å²) in [4.78, 5) is 7.05. The molecule has 0 saturated heterocycles. The van der Waals surface area contributed by atoms with E-state index in [-0.39, 0.29) is 0 Å². The molecule has 4 heteroatoms. The minimum atomic E-state index is 0.618. The summed E-state index contributed by atoms with van der Waals surface area (Å²) < 4.78 is 0. The maximum absolute atomic E-state index is 8.82. The summed E-state index contributed by atoms with van der Waals surface area (Å²) in [6.07, 6.45) is 3.37. The van der Waals surface area contributed by atoms with Crippen LogP contribution in [-0.2, 0) is 0 Å². The SMILES string of the molecule is CNc1ccnc2[nH]cc(C#N)c12. The number of H-pyrrole nitrogens is 1. The fourth-order valence-electron chi connectivity index (χ4n) is 1.35. The predicted octanol–water partition coefficient (Wildman–Crippen LogP) is 1.48. The van der Waals surface area contributed by atoms with Gasteiger partial charge in [0.25, 0.3) is 0 Å². The van der Waals surface area contributed by atoms with Gasteiger partial charge in [0.05, 0.1) is 10.9 Å². The van der Waals surface area contributed by atoms with Crippen LogP contribution in [0.5, 0.6) is 0 Å². The lowest BCUT2D eigenvalue weighted by molar-refractivity contribution is 1.32. The van der Waals surface area contributed by atoms with Crippen molar-refractivity contribution >= 4 is 16.7 Å². The smallest absolute Gasteiger partial charge is 0.140 e. The fourth-order valence-corrected chi connectivity index (χ4v) is 1.35. The lowest BCUT2D eigenvalue weighted by Gasteiger charge is -2.00. The van der Waals surface area contributed by atoms with Gasteiger partial charge >= 0.3 is 0 Å². The van der Waals surface area contributed by atoms with Crippen LogP contribution >= 0.6 is 0 Å². The maximum Gasteiger partial charge on any atom is 0.140 e. The second kappa shape index (κ2) is 2.79. The van der Waals surface area contributed by atoms with Gasteiger partial charge in [-0.3, -0.25) is 0 Å². The van der Waals surface area contributed by atoms with E-state index in [1.807, 2.05) is 13.1 Å². The van der Waals surface area contributed by atoms with E-state index in [2.05, 4.69) is 21.4 Å². The minimum absolute atomic E-state index is 0.618. The summed E-state index contributed by atoms with van der Waals surface area (Å²) in [5, 5.41) is 12.7. The van der Waals surface area contributed by atoms with Crippen LogP contribution in [-0.4, -0.2) is 17.0 Å². The van der Waals surface area contributed by atoms with Gasteiger partial charge in [-0.15, -0.1) is 0 Å². The quantitative estimate of drug-likeness (QED) is 0.684. The van der Waals surface area contributed by atoms with Crippen molar-refractivity contribution < 1.29 is 0 Å². The summed E-state index contributed by atoms with van der Waals surface area (Å²) in [6.45, 7) is 0. The van der Waals surface area contributed by atoms with Gasteiger partial charge in [-0.05, 0) is 6.07 Å². The number of rotatable bonds is 1. The van der Waals surface area contributed by atoms with Crippen LogP contribution in [0.3, 0.4) is 0 Å². The van der Waals surface area contributed by atoms with Crippen molar-refractivity contribution in [3.63, 3.8) is 0 Å². The molecule has 0 aromatic carbocycles. The summed E-state index contributed by atoms with van der Waals surface area (Å²) in [7, 11) is 1.82. The molecule has 0 atom stereocenters. The molecule has 0 aliphatic rings. The normalized spacial score (nSPS) is 9.85. The topological polar surface area (TPSA) is 64.5 Å². The standard InChI is InChI=1S/C9H8N4/c1-11-7-2-3-12-9-8(7)6(4-10)5-13-9/h2-3,5H,1H3,(H2,11,12,13). The van der Waals surface area contributed by atoms with E-state index in [0.717, 1.165) is 16.7 Å². The van der Waals surface area contributed by atoms with Crippen LogP contribution in [0.2, 0.25) is 0 Å². The molecule has 4 nitrogen and oxygen atoms in total. The largest absolute Gasteiger partial charge is 0.387 e. The highest BCUT2D eigenvalue weighted by atomic mass is 14.9. The number of nitrogens with one attached hydrogen (secondary N) is 2. The number of hydrogen-bond donors (Lipinski definition) is 2. The molecule has 0 spiro atoms. The molecule has 0 unspecified atom stereocenters. The van der Waals surface area contributed by atoms with Gasteiger partial charge in [0.15, 0.2) is 0 Å². The van der Waals surface area contributed by atoms with E-state index in [0.29, 0.717) is 5.56 Å². The molecular weight excluding hydrogens is 164 g/mol. The zero-order chi connectivity index (χ0) is 9.26. The Morgan fingerprint density at radius 1 is 1.62 bits per heavy atom. The molecule has 0 radical (unpaired) electrons. The molecule has 0 bridgehead atoms. The van der Waals surface area contributed by atoms with Crippen molar-refractivity contribution in [2.75, 3.05) is 12.4 Å². The molecule has 0 fully saturated rings. The van der Waals surface area contributed by atoms with E-state index in [1.165, 1.54) is 0 Å². The van der Waals surface area contributed by atoms with Crippen molar-refractivity contribution in [1.29, 1.82) is 5.26 Å². The van der Waals surface area contributed by atoms with E-state index >= 15 is 0 Å². The van der Waals surface area contributed by atoms with Crippen molar-refractivity contribution in [2.45, 2.75) is 0 Å². The summed E-state index contributed by atoms with van der Waals surface area (Å²) in [6, 6.07) is 3.96. The van der Waals surface area contributed by atoms with E-state index < -0.39 is 0 Å². The Labute approximate surface area is 75.2 Å². The van der Waals surface area contributed by atoms with Crippen molar-refractivity contribution in [2.24, 2.45) is 0 Å². The number of anilines is 1. The van der Waals surface area contributed by atoms with Crippen molar-refractivity contribution in [3.8, 4) is 6.07 Å². The third-order valence-corrected chi connectivity index (χ3v) is 1.96. The van der Waals surface area contributed by atoms with Gasteiger partial charge in [0, 0.05) is 25.1 Å².